The maximum atomic E-state index is 13.1. The summed E-state index contributed by atoms with van der Waals surface area (Å²) in [6.07, 6.45) is 7.21. The Bertz CT molecular complexity index is 700. The van der Waals surface area contributed by atoms with E-state index in [9.17, 15) is 17.6 Å². The zero-order chi connectivity index (χ0) is 17.0. The predicted octanol–water partition coefficient (Wildman–Crippen LogP) is 2.65. The number of hydrogen-bond acceptors (Lipinski definition) is 3. The van der Waals surface area contributed by atoms with Crippen LogP contribution in [0.1, 0.15) is 31.2 Å². The molecule has 2 rings (SSSR count). The van der Waals surface area contributed by atoms with E-state index in [1.807, 2.05) is 0 Å². The summed E-state index contributed by atoms with van der Waals surface area (Å²) in [5, 5.41) is -0.507. The first-order chi connectivity index (χ1) is 10.8. The van der Waals surface area contributed by atoms with Crippen molar-refractivity contribution in [1.82, 2.24) is 4.90 Å². The highest BCUT2D eigenvalue weighted by Crippen LogP contribution is 2.27. The first-order valence-electron chi connectivity index (χ1n) is 7.68. The van der Waals surface area contributed by atoms with E-state index in [0.29, 0.717) is 18.4 Å². The number of sulfone groups is 1. The normalized spacial score (nSPS) is 22.2. The van der Waals surface area contributed by atoms with Gasteiger partial charge in [0.25, 0.3) is 0 Å². The number of benzene rings is 1. The quantitative estimate of drug-likeness (QED) is 0.793. The molecule has 1 fully saturated rings. The summed E-state index contributed by atoms with van der Waals surface area (Å²) in [5.41, 5.74) is 0.593. The molecule has 0 bridgehead atoms. The van der Waals surface area contributed by atoms with Gasteiger partial charge in [-0.05, 0) is 36.6 Å². The molecule has 1 amide bonds. The number of rotatable bonds is 4. The summed E-state index contributed by atoms with van der Waals surface area (Å²) >= 11 is 0. The van der Waals surface area contributed by atoms with Gasteiger partial charge < -0.3 is 4.90 Å². The van der Waals surface area contributed by atoms with Crippen molar-refractivity contribution in [3.63, 3.8) is 0 Å². The summed E-state index contributed by atoms with van der Waals surface area (Å²) in [6, 6.07) is 5.65. The molecular weight excluding hydrogens is 317 g/mol. The van der Waals surface area contributed by atoms with Crippen LogP contribution in [-0.4, -0.2) is 43.8 Å². The SMILES string of the molecule is CN(C(=O)/C=C/c1cccc(F)c1)[C@H]1CCCC[C@H]1S(C)(=O)=O. The molecule has 0 aromatic heterocycles. The van der Waals surface area contributed by atoms with Crippen LogP contribution in [0.4, 0.5) is 4.39 Å². The molecule has 0 radical (unpaired) electrons. The number of amides is 1. The zero-order valence-electron chi connectivity index (χ0n) is 13.4. The van der Waals surface area contributed by atoms with Crippen molar-refractivity contribution in [2.75, 3.05) is 13.3 Å². The summed E-state index contributed by atoms with van der Waals surface area (Å²) in [6.45, 7) is 0. The smallest absolute Gasteiger partial charge is 0.246 e. The molecule has 1 aromatic carbocycles. The van der Waals surface area contributed by atoms with Crippen LogP contribution in [0.3, 0.4) is 0 Å². The van der Waals surface area contributed by atoms with E-state index in [1.165, 1.54) is 29.4 Å². The topological polar surface area (TPSA) is 54.5 Å². The largest absolute Gasteiger partial charge is 0.338 e. The average Bonchev–Trinajstić information content (AvgIpc) is 2.51. The molecule has 6 heteroatoms. The highest BCUT2D eigenvalue weighted by molar-refractivity contribution is 7.91. The molecule has 2 atom stereocenters. The summed E-state index contributed by atoms with van der Waals surface area (Å²) in [7, 11) is -1.56. The molecule has 126 valence electrons. The third kappa shape index (κ3) is 4.64. The van der Waals surface area contributed by atoms with Crippen LogP contribution in [-0.2, 0) is 14.6 Å². The lowest BCUT2D eigenvalue weighted by molar-refractivity contribution is -0.127. The van der Waals surface area contributed by atoms with Crippen LogP contribution in [0, 0.1) is 5.82 Å². The van der Waals surface area contributed by atoms with Gasteiger partial charge in [-0.3, -0.25) is 4.79 Å². The van der Waals surface area contributed by atoms with Crippen LogP contribution in [0.5, 0.6) is 0 Å². The van der Waals surface area contributed by atoms with Gasteiger partial charge in [-0.2, -0.15) is 0 Å². The molecule has 1 saturated carbocycles. The molecular formula is C17H22FNO3S. The molecule has 1 aliphatic carbocycles. The van der Waals surface area contributed by atoms with Crippen molar-refractivity contribution in [2.45, 2.75) is 37.0 Å². The summed E-state index contributed by atoms with van der Waals surface area (Å²) < 4.78 is 37.0. The fourth-order valence-electron chi connectivity index (χ4n) is 3.08. The van der Waals surface area contributed by atoms with E-state index in [4.69, 9.17) is 0 Å². The second-order valence-corrected chi connectivity index (χ2v) is 8.32. The highest BCUT2D eigenvalue weighted by atomic mass is 32.2. The average molecular weight is 339 g/mol. The number of nitrogens with zero attached hydrogens (tertiary/aromatic N) is 1. The highest BCUT2D eigenvalue weighted by Gasteiger charge is 2.36. The maximum Gasteiger partial charge on any atom is 0.246 e. The first kappa shape index (κ1) is 17.7. The Kier molecular flexibility index (Phi) is 5.57. The van der Waals surface area contributed by atoms with Gasteiger partial charge in [0.1, 0.15) is 5.82 Å². The Morgan fingerprint density at radius 1 is 1.30 bits per heavy atom. The van der Waals surface area contributed by atoms with E-state index >= 15 is 0 Å². The van der Waals surface area contributed by atoms with Crippen molar-refractivity contribution in [3.8, 4) is 0 Å². The Balaban J connectivity index is 2.11. The molecule has 0 unspecified atom stereocenters. The Hall–Kier alpha value is -1.69. The number of carbonyl (C=O) groups excluding carboxylic acids is 1. The van der Waals surface area contributed by atoms with Gasteiger partial charge in [-0.1, -0.05) is 25.0 Å². The van der Waals surface area contributed by atoms with Crippen molar-refractivity contribution in [3.05, 3.63) is 41.7 Å². The Morgan fingerprint density at radius 2 is 2.00 bits per heavy atom. The van der Waals surface area contributed by atoms with Crippen molar-refractivity contribution in [1.29, 1.82) is 0 Å². The van der Waals surface area contributed by atoms with Crippen molar-refractivity contribution >= 4 is 21.8 Å². The monoisotopic (exact) mass is 339 g/mol. The Labute approximate surface area is 136 Å². The maximum absolute atomic E-state index is 13.1. The fraction of sp³-hybridized carbons (Fsp3) is 0.471. The third-order valence-corrected chi connectivity index (χ3v) is 5.98. The minimum atomic E-state index is -3.19. The number of hydrogen-bond donors (Lipinski definition) is 0. The second kappa shape index (κ2) is 7.25. The molecule has 0 heterocycles. The number of halogens is 1. The lowest BCUT2D eigenvalue weighted by atomic mass is 9.93. The van der Waals surface area contributed by atoms with Crippen LogP contribution >= 0.6 is 0 Å². The molecule has 0 saturated heterocycles. The lowest BCUT2D eigenvalue weighted by Crippen LogP contribution is -2.48. The zero-order valence-corrected chi connectivity index (χ0v) is 14.2. The fourth-order valence-corrected chi connectivity index (χ4v) is 4.56. The molecule has 1 aromatic rings. The van der Waals surface area contributed by atoms with Gasteiger partial charge in [-0.25, -0.2) is 12.8 Å². The van der Waals surface area contributed by atoms with E-state index in [2.05, 4.69) is 0 Å². The molecule has 0 aliphatic heterocycles. The molecule has 0 spiro atoms. The van der Waals surface area contributed by atoms with Gasteiger partial charge >= 0.3 is 0 Å². The van der Waals surface area contributed by atoms with E-state index in [-0.39, 0.29) is 17.8 Å². The first-order valence-corrected chi connectivity index (χ1v) is 9.64. The minimum absolute atomic E-state index is 0.269. The van der Waals surface area contributed by atoms with Gasteiger partial charge in [-0.15, -0.1) is 0 Å². The molecule has 4 nitrogen and oxygen atoms in total. The lowest BCUT2D eigenvalue weighted by Gasteiger charge is -2.36. The van der Waals surface area contributed by atoms with Gasteiger partial charge in [0.2, 0.25) is 5.91 Å². The predicted molar refractivity (Wildman–Crippen MR) is 89.1 cm³/mol. The van der Waals surface area contributed by atoms with Crippen molar-refractivity contribution in [2.24, 2.45) is 0 Å². The van der Waals surface area contributed by atoms with E-state index in [0.717, 1.165) is 12.8 Å². The second-order valence-electron chi connectivity index (χ2n) is 6.06. The van der Waals surface area contributed by atoms with E-state index in [1.54, 1.807) is 25.3 Å². The standard InChI is InChI=1S/C17H22FNO3S/c1-19(15-8-3-4-9-16(15)23(2,21)22)17(20)11-10-13-6-5-7-14(18)12-13/h5-7,10-12,15-16H,3-4,8-9H2,1-2H3/b11-10+/t15-,16+/m0/s1. The molecule has 1 aliphatic rings. The van der Waals surface area contributed by atoms with Crippen LogP contribution in [0.25, 0.3) is 6.08 Å². The molecule has 0 N–H and O–H groups in total. The van der Waals surface area contributed by atoms with Gasteiger partial charge in [0.15, 0.2) is 9.84 Å². The van der Waals surface area contributed by atoms with Gasteiger partial charge in [0.05, 0.1) is 5.25 Å². The van der Waals surface area contributed by atoms with Crippen LogP contribution in [0.15, 0.2) is 30.3 Å². The summed E-state index contributed by atoms with van der Waals surface area (Å²) in [4.78, 5) is 13.8. The van der Waals surface area contributed by atoms with Crippen molar-refractivity contribution < 1.29 is 17.6 Å². The summed E-state index contributed by atoms with van der Waals surface area (Å²) in [5.74, 6) is -0.632. The number of likely N-dealkylation sites (N-methyl/N-ethyl adjacent to an activating group) is 1. The van der Waals surface area contributed by atoms with Crippen LogP contribution in [0.2, 0.25) is 0 Å². The molecule has 23 heavy (non-hydrogen) atoms. The van der Waals surface area contributed by atoms with E-state index < -0.39 is 15.1 Å². The van der Waals surface area contributed by atoms with Crippen LogP contribution < -0.4 is 0 Å². The number of carbonyl (C=O) groups is 1. The van der Waals surface area contributed by atoms with Gasteiger partial charge in [0, 0.05) is 25.4 Å². The third-order valence-electron chi connectivity index (χ3n) is 4.33. The minimum Gasteiger partial charge on any atom is -0.338 e. The Morgan fingerprint density at radius 3 is 2.65 bits per heavy atom.